The lowest BCUT2D eigenvalue weighted by Gasteiger charge is -2.31. The Balaban J connectivity index is 0.835. The molecule has 0 spiro atoms. The Morgan fingerprint density at radius 1 is 0.870 bits per heavy atom. The summed E-state index contributed by atoms with van der Waals surface area (Å²) >= 11 is 0. The molecule has 0 saturated carbocycles. The van der Waals surface area contributed by atoms with E-state index in [1.165, 1.54) is 10.6 Å². The first kappa shape index (κ1) is 54.5. The second-order valence-corrected chi connectivity index (χ2v) is 18.5. The van der Waals surface area contributed by atoms with Crippen molar-refractivity contribution in [1.29, 1.82) is 0 Å². The highest BCUT2D eigenvalue weighted by Gasteiger charge is 2.46. The minimum Gasteiger partial charge on any atom is -0.480 e. The highest BCUT2D eigenvalue weighted by molar-refractivity contribution is 6.15. The van der Waals surface area contributed by atoms with Crippen LogP contribution in [-0.2, 0) is 89.0 Å². The predicted molar refractivity (Wildman–Crippen MR) is 264 cm³/mol. The second-order valence-electron chi connectivity index (χ2n) is 18.5. The van der Waals surface area contributed by atoms with Crippen LogP contribution in [0.2, 0.25) is 0 Å². The average molecular weight is 1070 g/mol. The maximum Gasteiger partial charge on any atom is 0.343 e. The zero-order valence-corrected chi connectivity index (χ0v) is 41.5. The number of pyridine rings is 2. The monoisotopic (exact) mass is 1060 g/mol. The Labute approximate surface area is 436 Å². The Hall–Kier alpha value is -8.75. The molecule has 3 aliphatic heterocycles. The topological polar surface area (TPSA) is 352 Å². The van der Waals surface area contributed by atoms with E-state index >= 15 is 4.39 Å². The van der Waals surface area contributed by atoms with Crippen molar-refractivity contribution >= 4 is 70.1 Å². The van der Waals surface area contributed by atoms with Crippen LogP contribution in [0.25, 0.3) is 22.3 Å². The number of rotatable bonds is 22. The van der Waals surface area contributed by atoms with Crippen molar-refractivity contribution in [3.63, 3.8) is 0 Å². The zero-order chi connectivity index (χ0) is 55.3. The van der Waals surface area contributed by atoms with Gasteiger partial charge in [0.2, 0.25) is 35.4 Å². The third kappa shape index (κ3) is 11.6. The van der Waals surface area contributed by atoms with Gasteiger partial charge in [0.05, 0.1) is 61.2 Å². The van der Waals surface area contributed by atoms with Crippen LogP contribution >= 0.6 is 0 Å². The molecule has 4 aliphatic rings. The van der Waals surface area contributed by atoms with Gasteiger partial charge in [0.25, 0.3) is 17.4 Å². The van der Waals surface area contributed by atoms with E-state index in [-0.39, 0.29) is 37.1 Å². The maximum atomic E-state index is 15.4. The van der Waals surface area contributed by atoms with Crippen molar-refractivity contribution in [3.8, 4) is 11.4 Å². The third-order valence-electron chi connectivity index (χ3n) is 13.6. The van der Waals surface area contributed by atoms with E-state index in [0.717, 1.165) is 12.2 Å². The number of fused-ring (bicyclic) bond motifs is 5. The second kappa shape index (κ2) is 23.0. The first-order valence-electron chi connectivity index (χ1n) is 24.4. The van der Waals surface area contributed by atoms with E-state index in [9.17, 15) is 57.8 Å². The number of aliphatic hydroxyl groups is 1. The Bertz CT molecular complexity index is 3220. The Kier molecular flexibility index (Phi) is 16.3. The third-order valence-corrected chi connectivity index (χ3v) is 13.6. The smallest absolute Gasteiger partial charge is 0.343 e. The molecule has 0 unspecified atom stereocenters. The molecule has 25 nitrogen and oxygen atoms in total. The average Bonchev–Trinajstić information content (AvgIpc) is 4.22. The van der Waals surface area contributed by atoms with E-state index in [0.29, 0.717) is 67.8 Å². The lowest BCUT2D eigenvalue weighted by atomic mass is 9.81. The summed E-state index contributed by atoms with van der Waals surface area (Å²) < 4.78 is 27.5. The number of aromatic nitrogens is 2. The molecule has 77 heavy (non-hydrogen) atoms. The van der Waals surface area contributed by atoms with Crippen molar-refractivity contribution in [2.45, 2.75) is 76.4 Å². The number of cyclic esters (lactones) is 1. The van der Waals surface area contributed by atoms with Gasteiger partial charge < -0.3 is 61.5 Å². The highest BCUT2D eigenvalue weighted by atomic mass is 19.1. The summed E-state index contributed by atoms with van der Waals surface area (Å²) in [5, 5.41) is 38.2. The van der Waals surface area contributed by atoms with Crippen LogP contribution in [0.15, 0.2) is 59.4 Å². The first-order chi connectivity index (χ1) is 36.8. The number of benzene rings is 2. The summed E-state index contributed by atoms with van der Waals surface area (Å²) in [6.07, 6.45) is 2.49. The minimum atomic E-state index is -2.07. The Morgan fingerprint density at radius 2 is 1.56 bits per heavy atom. The molecule has 404 valence electrons. The van der Waals surface area contributed by atoms with E-state index in [1.807, 2.05) is 0 Å². The van der Waals surface area contributed by atoms with Crippen molar-refractivity contribution < 1.29 is 72.0 Å². The van der Waals surface area contributed by atoms with Crippen LogP contribution in [-0.4, -0.2) is 142 Å². The maximum absolute atomic E-state index is 15.4. The number of carbonyl (C=O) groups excluding carboxylic acids is 9. The number of nitrogens with zero attached hydrogens (tertiary/aromatic N) is 3. The summed E-state index contributed by atoms with van der Waals surface area (Å²) in [6.45, 7) is -1.02. The van der Waals surface area contributed by atoms with Crippen molar-refractivity contribution in [2.75, 3.05) is 46.1 Å². The predicted octanol–water partition coefficient (Wildman–Crippen LogP) is -2.24. The van der Waals surface area contributed by atoms with Crippen LogP contribution in [0.4, 0.5) is 4.39 Å². The van der Waals surface area contributed by atoms with Gasteiger partial charge in [-0.25, -0.2) is 14.2 Å². The van der Waals surface area contributed by atoms with E-state index in [4.69, 9.17) is 19.6 Å². The van der Waals surface area contributed by atoms with Gasteiger partial charge in [0.1, 0.15) is 37.8 Å². The van der Waals surface area contributed by atoms with Gasteiger partial charge in [-0.15, -0.1) is 0 Å². The van der Waals surface area contributed by atoms with Crippen LogP contribution in [0.3, 0.4) is 0 Å². The molecule has 0 fully saturated rings. The largest absolute Gasteiger partial charge is 0.480 e. The van der Waals surface area contributed by atoms with Crippen molar-refractivity contribution in [3.05, 3.63) is 110 Å². The lowest BCUT2D eigenvalue weighted by Crippen LogP contribution is -2.56. The molecular weight excluding hydrogens is 1010 g/mol. The minimum absolute atomic E-state index is 0.0329. The molecule has 1 aliphatic carbocycles. The lowest BCUT2D eigenvalue weighted by molar-refractivity contribution is -0.172. The summed E-state index contributed by atoms with van der Waals surface area (Å²) in [5.74, 6) is -9.02. The van der Waals surface area contributed by atoms with Gasteiger partial charge in [0.15, 0.2) is 5.60 Å². The highest BCUT2D eigenvalue weighted by Crippen LogP contribution is 2.46. The van der Waals surface area contributed by atoms with Gasteiger partial charge in [-0.1, -0.05) is 37.3 Å². The number of ether oxygens (including phenoxy) is 2. The van der Waals surface area contributed by atoms with E-state index in [1.54, 1.807) is 50.2 Å². The quantitative estimate of drug-likeness (QED) is 0.0153. The number of imide groups is 1. The molecular formula is C51H53FN10O15. The number of hydrogen-bond donors (Lipinski definition) is 9. The molecule has 0 radical (unpaired) electrons. The van der Waals surface area contributed by atoms with Crippen LogP contribution < -0.4 is 42.8 Å². The number of hydrogen-bond acceptors (Lipinski definition) is 16. The molecule has 4 atom stereocenters. The number of carboxylic acid groups (broad SMARTS) is 1. The summed E-state index contributed by atoms with van der Waals surface area (Å²) in [4.78, 5) is 146. The first-order valence-corrected chi connectivity index (χ1v) is 24.4. The number of carbonyl (C=O) groups is 10. The molecule has 2 aromatic heterocycles. The molecule has 0 bridgehead atoms. The number of halogens is 1. The van der Waals surface area contributed by atoms with Gasteiger partial charge in [-0.05, 0) is 54.5 Å². The van der Waals surface area contributed by atoms with Crippen molar-refractivity contribution in [2.24, 2.45) is 0 Å². The molecule has 5 heterocycles. The van der Waals surface area contributed by atoms with Crippen LogP contribution in [0, 0.1) is 12.7 Å². The van der Waals surface area contributed by atoms with E-state index in [2.05, 4.69) is 37.2 Å². The number of aliphatic carboxylic acids is 1. The number of amides is 8. The molecule has 8 amide bonds. The summed E-state index contributed by atoms with van der Waals surface area (Å²) in [7, 11) is 0. The van der Waals surface area contributed by atoms with Gasteiger partial charge in [-0.3, -0.25) is 52.8 Å². The fourth-order valence-corrected chi connectivity index (χ4v) is 9.73. The molecule has 0 saturated heterocycles. The number of nitrogens with one attached hydrogen (secondary N) is 7. The van der Waals surface area contributed by atoms with E-state index < -0.39 is 140 Å². The Morgan fingerprint density at radius 3 is 2.26 bits per heavy atom. The SMILES string of the molecule is CC[C@@]1(O)C(=O)OCc2c1cc1n(c2=O)Cc2c-1nc1cc(F)c(C)c3c1c2[C@@H](NC(=O)COCNC(=O)CNC(=O)[C@H](Cc1ccccc1)NC(=O)CNC(=O)CNC(=O)[C@H](CNCC(=O)O)N1C(=O)C=CC1=O)CC3. The van der Waals surface area contributed by atoms with Crippen molar-refractivity contribution in [1.82, 2.24) is 51.7 Å². The molecule has 2 aromatic carbocycles. The number of esters is 1. The van der Waals surface area contributed by atoms with Gasteiger partial charge >= 0.3 is 11.9 Å². The van der Waals surface area contributed by atoms with Gasteiger partial charge in [0, 0.05) is 47.7 Å². The van der Waals surface area contributed by atoms with Gasteiger partial charge in [-0.2, -0.15) is 0 Å². The standard InChI is InChI=1S/C51H53FN10O15/c1-3-51(75)30-14-35-46-28(21-61(35)49(73)29(30)22-77-50(51)74)45-32(10-9-27-25(2)31(52)15-33(60-46)44(27)45)58-40(66)23-76-24-57-38(64)18-55-47(71)34(13-26-7-5-4-6-8-26)59-39(65)19-54-37(63)17-56-48(72)36(16-53-20-43(69)70)62-41(67)11-12-42(62)68/h4-8,11-12,14-15,32,34,36,53,75H,3,9-10,13,16-24H2,1-2H3,(H,54,63)(H,55,71)(H,56,72)(H,57,64)(H,58,66)(H,59,65)(H,69,70)/t32-,34-,36-,51-/m0/s1. The van der Waals surface area contributed by atoms with Crippen LogP contribution in [0.1, 0.15) is 64.8 Å². The number of carboxylic acids is 1. The molecule has 26 heteroatoms. The molecule has 8 rings (SSSR count). The fraction of sp³-hybridized carbons (Fsp3) is 0.373. The fourth-order valence-electron chi connectivity index (χ4n) is 9.73. The normalized spacial score (nSPS) is 17.6. The number of aryl methyl sites for hydroxylation is 1. The molecule has 4 aromatic rings. The molecule has 9 N–H and O–H groups in total. The zero-order valence-electron chi connectivity index (χ0n) is 41.5. The summed E-state index contributed by atoms with van der Waals surface area (Å²) in [5.41, 5.74) is 1.60. The summed E-state index contributed by atoms with van der Waals surface area (Å²) in [6, 6.07) is 7.97. The van der Waals surface area contributed by atoms with Crippen LogP contribution in [0.5, 0.6) is 0 Å².